The number of hydrogen-bond donors (Lipinski definition) is 2. The molecule has 6 nitrogen and oxygen atoms in total. The van der Waals surface area contributed by atoms with Crippen molar-refractivity contribution in [1.82, 2.24) is 5.32 Å². The van der Waals surface area contributed by atoms with Crippen LogP contribution < -0.4 is 15.5 Å². The van der Waals surface area contributed by atoms with E-state index in [0.29, 0.717) is 29.5 Å². The van der Waals surface area contributed by atoms with Crippen LogP contribution in [0.3, 0.4) is 0 Å². The Morgan fingerprint density at radius 3 is 2.50 bits per heavy atom. The van der Waals surface area contributed by atoms with E-state index in [1.54, 1.807) is 23.1 Å². The zero-order valence-corrected chi connectivity index (χ0v) is 16.8. The molecule has 0 aromatic heterocycles. The van der Waals surface area contributed by atoms with Crippen molar-refractivity contribution in [3.8, 4) is 0 Å². The number of urea groups is 1. The van der Waals surface area contributed by atoms with Gasteiger partial charge in [0.15, 0.2) is 0 Å². The molecule has 0 atom stereocenters. The second-order valence-corrected chi connectivity index (χ2v) is 7.13. The van der Waals surface area contributed by atoms with Crippen molar-refractivity contribution in [3.63, 3.8) is 0 Å². The molecule has 28 heavy (non-hydrogen) atoms. The van der Waals surface area contributed by atoms with E-state index in [9.17, 15) is 9.59 Å². The van der Waals surface area contributed by atoms with Crippen molar-refractivity contribution < 1.29 is 14.3 Å². The lowest BCUT2D eigenvalue weighted by molar-refractivity contribution is 0.181. The summed E-state index contributed by atoms with van der Waals surface area (Å²) in [5.41, 5.74) is 1.80. The highest BCUT2D eigenvalue weighted by atomic mass is 35.5. The first kappa shape index (κ1) is 20.0. The van der Waals surface area contributed by atoms with E-state index >= 15 is 0 Å². The normalized spacial score (nSPS) is 14.0. The quantitative estimate of drug-likeness (QED) is 0.704. The number of carbonyl (C=O) groups excluding carboxylic acids is 2. The molecule has 0 bridgehead atoms. The number of nitrogens with zero attached hydrogens (tertiary/aromatic N) is 1. The maximum atomic E-state index is 12.7. The molecular formula is C21H24ClN3O3. The number of nitrogens with one attached hydrogen (secondary N) is 2. The lowest BCUT2D eigenvalue weighted by Gasteiger charge is -2.33. The SMILES string of the molecule is CCC(CC)(NC(=O)Nc1cccc(N2CCOC2=O)c1)c1ccc(Cl)cc1. The number of benzene rings is 2. The summed E-state index contributed by atoms with van der Waals surface area (Å²) in [7, 11) is 0. The van der Waals surface area contributed by atoms with Gasteiger partial charge in [0.1, 0.15) is 6.61 Å². The summed E-state index contributed by atoms with van der Waals surface area (Å²) >= 11 is 6.00. The zero-order chi connectivity index (χ0) is 20.1. The minimum Gasteiger partial charge on any atom is -0.447 e. The molecule has 0 spiro atoms. The van der Waals surface area contributed by atoms with E-state index in [1.807, 2.05) is 44.2 Å². The molecule has 1 saturated heterocycles. The highest BCUT2D eigenvalue weighted by Crippen LogP contribution is 2.30. The van der Waals surface area contributed by atoms with Gasteiger partial charge < -0.3 is 15.4 Å². The van der Waals surface area contributed by atoms with Gasteiger partial charge in [-0.15, -0.1) is 0 Å². The van der Waals surface area contributed by atoms with Crippen molar-refractivity contribution >= 4 is 35.1 Å². The Bertz CT molecular complexity index is 850. The predicted octanol–water partition coefficient (Wildman–Crippen LogP) is 5.13. The summed E-state index contributed by atoms with van der Waals surface area (Å²) in [6, 6.07) is 14.4. The number of carbonyl (C=O) groups is 2. The van der Waals surface area contributed by atoms with Gasteiger partial charge in [0, 0.05) is 16.4 Å². The molecule has 3 amide bonds. The van der Waals surface area contributed by atoms with Gasteiger partial charge in [0.05, 0.1) is 12.1 Å². The second-order valence-electron chi connectivity index (χ2n) is 6.69. The number of anilines is 2. The number of hydrogen-bond acceptors (Lipinski definition) is 3. The van der Waals surface area contributed by atoms with Gasteiger partial charge in [-0.2, -0.15) is 0 Å². The summed E-state index contributed by atoms with van der Waals surface area (Å²) < 4.78 is 4.97. The van der Waals surface area contributed by atoms with Crippen molar-refractivity contribution in [1.29, 1.82) is 0 Å². The van der Waals surface area contributed by atoms with Crippen LogP contribution in [0.15, 0.2) is 48.5 Å². The largest absolute Gasteiger partial charge is 0.447 e. The first-order valence-corrected chi connectivity index (χ1v) is 9.75. The summed E-state index contributed by atoms with van der Waals surface area (Å²) in [6.45, 7) is 4.95. The van der Waals surface area contributed by atoms with E-state index in [1.165, 1.54) is 0 Å². The zero-order valence-electron chi connectivity index (χ0n) is 16.0. The topological polar surface area (TPSA) is 70.7 Å². The Morgan fingerprint density at radius 1 is 1.18 bits per heavy atom. The molecule has 2 N–H and O–H groups in total. The van der Waals surface area contributed by atoms with Crippen LogP contribution >= 0.6 is 11.6 Å². The Kier molecular flexibility index (Phi) is 6.09. The minimum atomic E-state index is -0.495. The van der Waals surface area contributed by atoms with Crippen LogP contribution in [0.2, 0.25) is 5.02 Å². The number of rotatable bonds is 6. The van der Waals surface area contributed by atoms with Crippen LogP contribution in [0, 0.1) is 0 Å². The van der Waals surface area contributed by atoms with Crippen molar-refractivity contribution in [3.05, 3.63) is 59.1 Å². The summed E-state index contributed by atoms with van der Waals surface area (Å²) in [5, 5.41) is 6.64. The minimum absolute atomic E-state index is 0.306. The number of halogens is 1. The third-order valence-electron chi connectivity index (χ3n) is 5.13. The fourth-order valence-corrected chi connectivity index (χ4v) is 3.56. The van der Waals surface area contributed by atoms with Crippen molar-refractivity contribution in [2.45, 2.75) is 32.2 Å². The summed E-state index contributed by atoms with van der Waals surface area (Å²) in [5.74, 6) is 0. The lowest BCUT2D eigenvalue weighted by Crippen LogP contribution is -2.47. The molecule has 148 valence electrons. The lowest BCUT2D eigenvalue weighted by atomic mass is 9.85. The van der Waals surface area contributed by atoms with Crippen molar-refractivity contribution in [2.24, 2.45) is 0 Å². The Balaban J connectivity index is 1.75. The van der Waals surface area contributed by atoms with Gasteiger partial charge in [-0.25, -0.2) is 9.59 Å². The monoisotopic (exact) mass is 401 g/mol. The summed E-state index contributed by atoms with van der Waals surface area (Å²) in [4.78, 5) is 26.0. The van der Waals surface area contributed by atoms with E-state index < -0.39 is 5.54 Å². The molecule has 0 unspecified atom stereocenters. The first-order valence-electron chi connectivity index (χ1n) is 9.37. The van der Waals surface area contributed by atoms with E-state index in [0.717, 1.165) is 18.4 Å². The molecule has 1 aliphatic heterocycles. The summed E-state index contributed by atoms with van der Waals surface area (Å²) in [6.07, 6.45) is 1.09. The number of amides is 3. The number of cyclic esters (lactones) is 1. The first-order chi connectivity index (χ1) is 13.5. The molecule has 2 aromatic carbocycles. The molecule has 0 aliphatic carbocycles. The highest BCUT2D eigenvalue weighted by Gasteiger charge is 2.30. The van der Waals surface area contributed by atoms with Gasteiger partial charge in [-0.05, 0) is 48.7 Å². The third-order valence-corrected chi connectivity index (χ3v) is 5.39. The Labute approximate surface area is 169 Å². The van der Waals surface area contributed by atoms with E-state index in [4.69, 9.17) is 16.3 Å². The Morgan fingerprint density at radius 2 is 1.89 bits per heavy atom. The standard InChI is InChI=1S/C21H24ClN3O3/c1-3-21(4-2,15-8-10-16(22)11-9-15)24-19(26)23-17-6-5-7-18(14-17)25-12-13-28-20(25)27/h5-11,14H,3-4,12-13H2,1-2H3,(H2,23,24,26). The van der Waals surface area contributed by atoms with Crippen molar-refractivity contribution in [2.75, 3.05) is 23.4 Å². The predicted molar refractivity (Wildman–Crippen MR) is 111 cm³/mol. The molecule has 0 radical (unpaired) electrons. The maximum absolute atomic E-state index is 12.7. The van der Waals surface area contributed by atoms with Gasteiger partial charge in [0.2, 0.25) is 0 Å². The maximum Gasteiger partial charge on any atom is 0.414 e. The van der Waals surface area contributed by atoms with Crippen LogP contribution in [0.4, 0.5) is 21.0 Å². The van der Waals surface area contributed by atoms with Gasteiger partial charge in [-0.3, -0.25) is 4.90 Å². The highest BCUT2D eigenvalue weighted by molar-refractivity contribution is 6.30. The smallest absolute Gasteiger partial charge is 0.414 e. The van der Waals surface area contributed by atoms with Crippen LogP contribution in [0.5, 0.6) is 0 Å². The molecule has 1 heterocycles. The van der Waals surface area contributed by atoms with Gasteiger partial charge in [-0.1, -0.05) is 43.6 Å². The second kappa shape index (κ2) is 8.52. The van der Waals surface area contributed by atoms with Crippen LogP contribution in [-0.2, 0) is 10.3 Å². The van der Waals surface area contributed by atoms with Crippen LogP contribution in [-0.4, -0.2) is 25.3 Å². The molecule has 3 rings (SSSR count). The fraction of sp³-hybridized carbons (Fsp3) is 0.333. The molecule has 1 aliphatic rings. The molecule has 0 saturated carbocycles. The molecule has 2 aromatic rings. The fourth-order valence-electron chi connectivity index (χ4n) is 3.44. The average Bonchev–Trinajstić information content (AvgIpc) is 3.13. The van der Waals surface area contributed by atoms with Gasteiger partial charge in [0.25, 0.3) is 0 Å². The third kappa shape index (κ3) is 4.22. The van der Waals surface area contributed by atoms with Crippen LogP contribution in [0.1, 0.15) is 32.3 Å². The number of ether oxygens (including phenoxy) is 1. The Hall–Kier alpha value is -2.73. The average molecular weight is 402 g/mol. The molecule has 7 heteroatoms. The van der Waals surface area contributed by atoms with E-state index in [-0.39, 0.29) is 12.1 Å². The van der Waals surface area contributed by atoms with Crippen LogP contribution in [0.25, 0.3) is 0 Å². The van der Waals surface area contributed by atoms with Gasteiger partial charge >= 0.3 is 12.1 Å². The molecule has 1 fully saturated rings. The molecular weight excluding hydrogens is 378 g/mol. The van der Waals surface area contributed by atoms with E-state index in [2.05, 4.69) is 10.6 Å².